The van der Waals surface area contributed by atoms with Crippen LogP contribution in [-0.2, 0) is 4.79 Å². The lowest BCUT2D eigenvalue weighted by molar-refractivity contribution is -0.384. The third-order valence-electron chi connectivity index (χ3n) is 3.01. The number of nitrogens with one attached hydrogen (secondary N) is 1. The lowest BCUT2D eigenvalue weighted by Crippen LogP contribution is -2.17. The number of nitro groups is 1. The number of aromatic nitrogens is 1. The number of nitrogens with zero attached hydrogens (tertiary/aromatic N) is 2. The zero-order valence-electron chi connectivity index (χ0n) is 11.1. The van der Waals surface area contributed by atoms with Crippen LogP contribution in [0.2, 0.25) is 0 Å². The molecule has 0 bridgehead atoms. The fourth-order valence-electron chi connectivity index (χ4n) is 1.98. The van der Waals surface area contributed by atoms with Crippen LogP contribution in [0.1, 0.15) is 5.56 Å². The van der Waals surface area contributed by atoms with E-state index in [1.165, 1.54) is 23.9 Å². The molecule has 1 aromatic heterocycles. The minimum atomic E-state index is -0.436. The summed E-state index contributed by atoms with van der Waals surface area (Å²) in [6, 6.07) is 8.09. The van der Waals surface area contributed by atoms with Crippen LogP contribution in [0.15, 0.2) is 47.6 Å². The van der Waals surface area contributed by atoms with Gasteiger partial charge in [0, 0.05) is 30.2 Å². The van der Waals surface area contributed by atoms with Crippen molar-refractivity contribution in [2.45, 2.75) is 0 Å². The number of thioether (sulfide) groups is 1. The summed E-state index contributed by atoms with van der Waals surface area (Å²) in [6.45, 7) is 0. The van der Waals surface area contributed by atoms with Crippen molar-refractivity contribution < 1.29 is 9.72 Å². The summed E-state index contributed by atoms with van der Waals surface area (Å²) in [5, 5.41) is 13.2. The Bertz CT molecular complexity index is 809. The number of non-ortho nitro benzene ring substituents is 1. The Labute approximate surface area is 135 Å². The van der Waals surface area contributed by atoms with Crippen molar-refractivity contribution >= 4 is 46.0 Å². The van der Waals surface area contributed by atoms with Crippen LogP contribution in [0.5, 0.6) is 0 Å². The van der Waals surface area contributed by atoms with Crippen LogP contribution in [0.4, 0.5) is 5.69 Å². The summed E-state index contributed by atoms with van der Waals surface area (Å²) < 4.78 is 2.28. The second-order valence-electron chi connectivity index (χ2n) is 4.48. The Kier molecular flexibility index (Phi) is 3.78. The van der Waals surface area contributed by atoms with Gasteiger partial charge in [-0.25, -0.2) is 0 Å². The molecule has 1 aromatic carbocycles. The molecule has 0 radical (unpaired) electrons. The van der Waals surface area contributed by atoms with Gasteiger partial charge in [-0.2, -0.15) is 0 Å². The van der Waals surface area contributed by atoms with Gasteiger partial charge in [-0.3, -0.25) is 14.9 Å². The van der Waals surface area contributed by atoms with E-state index in [-0.39, 0.29) is 11.6 Å². The molecule has 0 atom stereocenters. The molecule has 0 unspecified atom stereocenters. The van der Waals surface area contributed by atoms with Crippen molar-refractivity contribution in [2.75, 3.05) is 0 Å². The Morgan fingerprint density at radius 1 is 1.27 bits per heavy atom. The van der Waals surface area contributed by atoms with E-state index in [9.17, 15) is 14.9 Å². The van der Waals surface area contributed by atoms with Gasteiger partial charge < -0.3 is 9.88 Å². The molecular formula is C14H9N3O3S2. The van der Waals surface area contributed by atoms with Gasteiger partial charge in [0.05, 0.1) is 9.83 Å². The highest BCUT2D eigenvalue weighted by Gasteiger charge is 2.21. The SMILES string of the molecule is O=C1NC(=S)S/C1=C\c1ccn(-c2ccc([N+](=O)[O-])cc2)c1. The lowest BCUT2D eigenvalue weighted by atomic mass is 10.3. The molecule has 0 aliphatic carbocycles. The van der Waals surface area contributed by atoms with E-state index >= 15 is 0 Å². The smallest absolute Gasteiger partial charge is 0.269 e. The van der Waals surface area contributed by atoms with Crippen LogP contribution in [0.25, 0.3) is 11.8 Å². The average Bonchev–Trinajstić information content (AvgIpc) is 3.06. The Morgan fingerprint density at radius 3 is 2.59 bits per heavy atom. The number of amides is 1. The lowest BCUT2D eigenvalue weighted by Gasteiger charge is -2.01. The maximum Gasteiger partial charge on any atom is 0.269 e. The third kappa shape index (κ3) is 2.92. The summed E-state index contributed by atoms with van der Waals surface area (Å²) in [5.74, 6) is -0.196. The largest absolute Gasteiger partial charge is 0.323 e. The number of nitro benzene ring substituents is 1. The van der Waals surface area contributed by atoms with Crippen molar-refractivity contribution in [3.05, 3.63) is 63.3 Å². The summed E-state index contributed by atoms with van der Waals surface area (Å²) in [5.41, 5.74) is 1.70. The fraction of sp³-hybridized carbons (Fsp3) is 0. The summed E-state index contributed by atoms with van der Waals surface area (Å²) in [6.07, 6.45) is 5.41. The van der Waals surface area contributed by atoms with E-state index in [1.807, 2.05) is 23.0 Å². The minimum absolute atomic E-state index is 0.0470. The molecule has 3 rings (SSSR count). The number of rotatable bonds is 3. The van der Waals surface area contributed by atoms with E-state index in [2.05, 4.69) is 5.32 Å². The number of hydrogen-bond donors (Lipinski definition) is 1. The standard InChI is InChI=1S/C14H9N3O3S2/c18-13-12(22-14(21)15-13)7-9-5-6-16(8-9)10-1-3-11(4-2-10)17(19)20/h1-8H,(H,15,18,21)/b12-7-. The molecule has 0 saturated carbocycles. The molecule has 110 valence electrons. The number of benzene rings is 1. The van der Waals surface area contributed by atoms with Gasteiger partial charge in [0.1, 0.15) is 4.32 Å². The van der Waals surface area contributed by atoms with Crippen molar-refractivity contribution in [1.29, 1.82) is 0 Å². The van der Waals surface area contributed by atoms with E-state index in [4.69, 9.17) is 12.2 Å². The normalized spacial score (nSPS) is 16.1. The van der Waals surface area contributed by atoms with Crippen LogP contribution in [-0.4, -0.2) is 19.7 Å². The molecule has 1 amide bonds. The summed E-state index contributed by atoms with van der Waals surface area (Å²) in [7, 11) is 0. The van der Waals surface area contributed by atoms with E-state index in [1.54, 1.807) is 18.2 Å². The second-order valence-corrected chi connectivity index (χ2v) is 6.20. The van der Waals surface area contributed by atoms with E-state index in [0.29, 0.717) is 9.23 Å². The average molecular weight is 331 g/mol. The molecule has 2 aromatic rings. The van der Waals surface area contributed by atoms with E-state index in [0.717, 1.165) is 11.3 Å². The van der Waals surface area contributed by atoms with Crippen molar-refractivity contribution in [3.8, 4) is 5.69 Å². The number of thiocarbonyl (C=S) groups is 1. The highest BCUT2D eigenvalue weighted by Crippen LogP contribution is 2.26. The van der Waals surface area contributed by atoms with Crippen molar-refractivity contribution in [3.63, 3.8) is 0 Å². The number of carbonyl (C=O) groups excluding carboxylic acids is 1. The molecular weight excluding hydrogens is 322 g/mol. The topological polar surface area (TPSA) is 77.2 Å². The predicted octanol–water partition coefficient (Wildman–Crippen LogP) is 2.87. The Hall–Kier alpha value is -2.45. The third-order valence-corrected chi connectivity index (χ3v) is 4.18. The summed E-state index contributed by atoms with van der Waals surface area (Å²) >= 11 is 6.16. The fourth-order valence-corrected chi connectivity index (χ4v) is 3.02. The highest BCUT2D eigenvalue weighted by atomic mass is 32.2. The molecule has 1 N–H and O–H groups in total. The maximum atomic E-state index is 11.6. The number of hydrogen-bond acceptors (Lipinski definition) is 5. The first-order valence-corrected chi connectivity index (χ1v) is 7.43. The van der Waals surface area contributed by atoms with Gasteiger partial charge in [-0.05, 0) is 29.8 Å². The van der Waals surface area contributed by atoms with Gasteiger partial charge in [0.15, 0.2) is 0 Å². The zero-order chi connectivity index (χ0) is 15.7. The van der Waals surface area contributed by atoms with Gasteiger partial charge in [0.25, 0.3) is 11.6 Å². The van der Waals surface area contributed by atoms with Gasteiger partial charge >= 0.3 is 0 Å². The Balaban J connectivity index is 1.85. The first-order valence-electron chi connectivity index (χ1n) is 6.20. The zero-order valence-corrected chi connectivity index (χ0v) is 12.7. The number of carbonyl (C=O) groups is 1. The second kappa shape index (κ2) is 5.74. The summed E-state index contributed by atoms with van der Waals surface area (Å²) in [4.78, 5) is 22.4. The van der Waals surface area contributed by atoms with Crippen molar-refractivity contribution in [2.24, 2.45) is 0 Å². The maximum absolute atomic E-state index is 11.6. The molecule has 22 heavy (non-hydrogen) atoms. The molecule has 1 aliphatic heterocycles. The minimum Gasteiger partial charge on any atom is -0.323 e. The van der Waals surface area contributed by atoms with Gasteiger partial charge in [0.2, 0.25) is 0 Å². The molecule has 2 heterocycles. The van der Waals surface area contributed by atoms with Crippen LogP contribution in [0, 0.1) is 10.1 Å². The van der Waals surface area contributed by atoms with Crippen LogP contribution >= 0.6 is 24.0 Å². The monoisotopic (exact) mass is 331 g/mol. The quantitative estimate of drug-likeness (QED) is 0.405. The van der Waals surface area contributed by atoms with E-state index < -0.39 is 4.92 Å². The highest BCUT2D eigenvalue weighted by molar-refractivity contribution is 8.26. The van der Waals surface area contributed by atoms with Gasteiger partial charge in [-0.15, -0.1) is 0 Å². The predicted molar refractivity (Wildman–Crippen MR) is 88.7 cm³/mol. The first kappa shape index (κ1) is 14.5. The van der Waals surface area contributed by atoms with Crippen molar-refractivity contribution in [1.82, 2.24) is 9.88 Å². The van der Waals surface area contributed by atoms with Gasteiger partial charge in [-0.1, -0.05) is 24.0 Å². The Morgan fingerprint density at radius 2 is 2.00 bits per heavy atom. The molecule has 6 nitrogen and oxygen atoms in total. The molecule has 1 saturated heterocycles. The van der Waals surface area contributed by atoms with Crippen LogP contribution in [0.3, 0.4) is 0 Å². The van der Waals surface area contributed by atoms with Crippen LogP contribution < -0.4 is 5.32 Å². The molecule has 0 spiro atoms. The molecule has 1 fully saturated rings. The molecule has 1 aliphatic rings. The first-order chi connectivity index (χ1) is 10.5. The molecule has 8 heteroatoms.